The van der Waals surface area contributed by atoms with Crippen LogP contribution in [0.25, 0.3) is 0 Å². The molecule has 2 aromatic carbocycles. The van der Waals surface area contributed by atoms with Gasteiger partial charge in [-0.3, -0.25) is 4.79 Å². The van der Waals surface area contributed by atoms with E-state index in [1.54, 1.807) is 6.07 Å². The Balaban J connectivity index is 1.68. The quantitative estimate of drug-likeness (QED) is 0.418. The molecular formula is C21H21F2NO4S. The van der Waals surface area contributed by atoms with E-state index in [0.717, 1.165) is 25.9 Å². The highest BCUT2D eigenvalue weighted by molar-refractivity contribution is 7.87. The molecule has 1 heterocycles. The number of carbonyl (C=O) groups excluding carboxylic acids is 1. The summed E-state index contributed by atoms with van der Waals surface area (Å²) in [4.78, 5) is 11.8. The molecule has 8 heteroatoms. The second-order valence-corrected chi connectivity index (χ2v) is 8.36. The van der Waals surface area contributed by atoms with Crippen molar-refractivity contribution in [2.75, 3.05) is 13.1 Å². The summed E-state index contributed by atoms with van der Waals surface area (Å²) >= 11 is 0. The maximum Gasteiger partial charge on any atom is 0.339 e. The zero-order valence-electron chi connectivity index (χ0n) is 15.6. The van der Waals surface area contributed by atoms with E-state index in [1.165, 1.54) is 18.2 Å². The van der Waals surface area contributed by atoms with Gasteiger partial charge in [0.05, 0.1) is 0 Å². The summed E-state index contributed by atoms with van der Waals surface area (Å²) in [7, 11) is -4.44. The molecule has 2 aromatic rings. The molecule has 0 unspecified atom stereocenters. The van der Waals surface area contributed by atoms with E-state index in [-0.39, 0.29) is 23.5 Å². The van der Waals surface area contributed by atoms with Crippen LogP contribution in [0.3, 0.4) is 0 Å². The summed E-state index contributed by atoms with van der Waals surface area (Å²) in [6.45, 7) is 1.93. The molecule has 0 atom stereocenters. The van der Waals surface area contributed by atoms with Crippen LogP contribution in [0.4, 0.5) is 8.78 Å². The molecule has 29 heavy (non-hydrogen) atoms. The van der Waals surface area contributed by atoms with Crippen molar-refractivity contribution in [3.8, 4) is 5.75 Å². The van der Waals surface area contributed by atoms with E-state index in [2.05, 4.69) is 5.32 Å². The number of piperidine rings is 1. The first-order chi connectivity index (χ1) is 13.8. The molecule has 0 bridgehead atoms. The van der Waals surface area contributed by atoms with Gasteiger partial charge in [-0.2, -0.15) is 8.42 Å². The normalized spacial score (nSPS) is 15.5. The highest BCUT2D eigenvalue weighted by Crippen LogP contribution is 2.22. The number of benzene rings is 2. The Labute approximate surface area is 168 Å². The van der Waals surface area contributed by atoms with Gasteiger partial charge in [-0.05, 0) is 56.1 Å². The zero-order chi connectivity index (χ0) is 20.9. The van der Waals surface area contributed by atoms with Crippen LogP contribution in [0.2, 0.25) is 0 Å². The van der Waals surface area contributed by atoms with Crippen LogP contribution in [0.15, 0.2) is 59.5 Å². The van der Waals surface area contributed by atoms with Gasteiger partial charge in [-0.15, -0.1) is 0 Å². The van der Waals surface area contributed by atoms with Gasteiger partial charge < -0.3 is 9.50 Å². The lowest BCUT2D eigenvalue weighted by Gasteiger charge is -2.19. The maximum atomic E-state index is 13.3. The molecule has 0 amide bonds. The second kappa shape index (κ2) is 9.28. The lowest BCUT2D eigenvalue weighted by Crippen LogP contribution is -2.26. The molecule has 0 aliphatic carbocycles. The molecule has 0 radical (unpaired) electrons. The summed E-state index contributed by atoms with van der Waals surface area (Å²) in [5.74, 6) is -1.90. The average Bonchev–Trinajstić information content (AvgIpc) is 2.68. The van der Waals surface area contributed by atoms with Crippen molar-refractivity contribution in [1.29, 1.82) is 0 Å². The van der Waals surface area contributed by atoms with Gasteiger partial charge in [0.2, 0.25) is 0 Å². The molecule has 1 aliphatic rings. The maximum absolute atomic E-state index is 13.3. The molecule has 1 fully saturated rings. The van der Waals surface area contributed by atoms with Gasteiger partial charge >= 0.3 is 10.1 Å². The standard InChI is InChI=1S/C21H21F2NO4S/c22-17-12-18(23)14-20(13-17)29(26,27)28-19-5-2-4-16(11-19)21(25)6-1-3-15-7-9-24-10-8-15/h1-5,11-15,24H,6-10H2. The van der Waals surface area contributed by atoms with Crippen LogP contribution < -0.4 is 9.50 Å². The first-order valence-electron chi connectivity index (χ1n) is 9.25. The molecule has 1 aliphatic heterocycles. The van der Waals surface area contributed by atoms with Crippen molar-refractivity contribution in [2.24, 2.45) is 5.92 Å². The number of nitrogens with one attached hydrogen (secondary N) is 1. The summed E-state index contributed by atoms with van der Waals surface area (Å²) in [6, 6.07) is 7.60. The third kappa shape index (κ3) is 5.95. The van der Waals surface area contributed by atoms with E-state index < -0.39 is 26.6 Å². The highest BCUT2D eigenvalue weighted by atomic mass is 32.2. The topological polar surface area (TPSA) is 72.5 Å². The number of Topliss-reactive ketones (excluding diaryl/α,β-unsaturated/α-hetero) is 1. The smallest absolute Gasteiger partial charge is 0.339 e. The Morgan fingerprint density at radius 1 is 1.10 bits per heavy atom. The summed E-state index contributed by atoms with van der Waals surface area (Å²) in [5.41, 5.74) is 0.290. The number of carbonyl (C=O) groups is 1. The number of rotatable bonds is 7. The average molecular weight is 421 g/mol. The molecule has 0 aromatic heterocycles. The van der Waals surface area contributed by atoms with Gasteiger partial charge in [0.15, 0.2) is 5.78 Å². The van der Waals surface area contributed by atoms with E-state index in [4.69, 9.17) is 4.18 Å². The van der Waals surface area contributed by atoms with Gasteiger partial charge in [0.1, 0.15) is 22.3 Å². The van der Waals surface area contributed by atoms with Gasteiger partial charge in [0.25, 0.3) is 0 Å². The predicted molar refractivity (Wildman–Crippen MR) is 104 cm³/mol. The molecule has 1 saturated heterocycles. The molecule has 0 saturated carbocycles. The van der Waals surface area contributed by atoms with Crippen molar-refractivity contribution in [2.45, 2.75) is 24.2 Å². The Hall–Kier alpha value is -2.58. The minimum absolute atomic E-state index is 0.108. The van der Waals surface area contributed by atoms with Crippen molar-refractivity contribution in [3.63, 3.8) is 0 Å². The monoisotopic (exact) mass is 421 g/mol. The summed E-state index contributed by atoms with van der Waals surface area (Å²) in [5, 5.41) is 3.28. The molecule has 154 valence electrons. The SMILES string of the molecule is O=C(CC=CC1CCNCC1)c1cccc(OS(=O)(=O)c2cc(F)cc(F)c2)c1. The molecular weight excluding hydrogens is 400 g/mol. The largest absolute Gasteiger partial charge is 0.379 e. The lowest BCUT2D eigenvalue weighted by molar-refractivity contribution is 0.0995. The minimum Gasteiger partial charge on any atom is -0.379 e. The van der Waals surface area contributed by atoms with E-state index in [0.29, 0.717) is 24.1 Å². The minimum atomic E-state index is -4.44. The lowest BCUT2D eigenvalue weighted by atomic mass is 9.97. The second-order valence-electron chi connectivity index (χ2n) is 6.81. The Bertz CT molecular complexity index is 995. The molecule has 1 N–H and O–H groups in total. The zero-order valence-corrected chi connectivity index (χ0v) is 16.4. The fraction of sp³-hybridized carbons (Fsp3) is 0.286. The first kappa shape index (κ1) is 21.1. The number of allylic oxidation sites excluding steroid dienone is 2. The van der Waals surface area contributed by atoms with Crippen LogP contribution in [-0.2, 0) is 10.1 Å². The number of ketones is 1. The number of hydrogen-bond acceptors (Lipinski definition) is 5. The van der Waals surface area contributed by atoms with Crippen molar-refractivity contribution in [3.05, 3.63) is 71.8 Å². The van der Waals surface area contributed by atoms with Crippen molar-refractivity contribution >= 4 is 15.9 Å². The van der Waals surface area contributed by atoms with Crippen molar-refractivity contribution < 1.29 is 26.2 Å². The highest BCUT2D eigenvalue weighted by Gasteiger charge is 2.19. The summed E-state index contributed by atoms with van der Waals surface area (Å²) in [6.07, 6.45) is 6.13. The van der Waals surface area contributed by atoms with Gasteiger partial charge in [0, 0.05) is 18.1 Å². The number of halogens is 2. The van der Waals surface area contributed by atoms with E-state index >= 15 is 0 Å². The van der Waals surface area contributed by atoms with E-state index in [9.17, 15) is 22.0 Å². The van der Waals surface area contributed by atoms with Crippen LogP contribution in [-0.4, -0.2) is 27.3 Å². The molecule has 5 nitrogen and oxygen atoms in total. The van der Waals surface area contributed by atoms with Crippen LogP contribution >= 0.6 is 0 Å². The molecule has 3 rings (SSSR count). The van der Waals surface area contributed by atoms with Crippen molar-refractivity contribution in [1.82, 2.24) is 5.32 Å². The first-order valence-corrected chi connectivity index (χ1v) is 10.7. The third-order valence-corrected chi connectivity index (χ3v) is 5.81. The fourth-order valence-electron chi connectivity index (χ4n) is 3.09. The third-order valence-electron chi connectivity index (χ3n) is 4.58. The Morgan fingerprint density at radius 3 is 2.48 bits per heavy atom. The predicted octanol–water partition coefficient (Wildman–Crippen LogP) is 3.86. The van der Waals surface area contributed by atoms with Crippen LogP contribution in [0, 0.1) is 17.6 Å². The van der Waals surface area contributed by atoms with E-state index in [1.807, 2.05) is 12.2 Å². The van der Waals surface area contributed by atoms with Crippen LogP contribution in [0.1, 0.15) is 29.6 Å². The fourth-order valence-corrected chi connectivity index (χ4v) is 4.06. The number of hydrogen-bond donors (Lipinski definition) is 1. The van der Waals surface area contributed by atoms with Crippen LogP contribution in [0.5, 0.6) is 5.75 Å². The van der Waals surface area contributed by atoms with Gasteiger partial charge in [-0.1, -0.05) is 24.3 Å². The Morgan fingerprint density at radius 2 is 1.79 bits per heavy atom. The molecule has 0 spiro atoms. The summed E-state index contributed by atoms with van der Waals surface area (Å²) < 4.78 is 56.1. The Kier molecular flexibility index (Phi) is 6.76. The van der Waals surface area contributed by atoms with Gasteiger partial charge in [-0.25, -0.2) is 8.78 Å².